The summed E-state index contributed by atoms with van der Waals surface area (Å²) < 4.78 is 0. The molecule has 1 N–H and O–H groups in total. The molecule has 1 unspecified atom stereocenters. The number of nitrogens with zero attached hydrogens (tertiary/aromatic N) is 2. The minimum absolute atomic E-state index is 0.358. The first-order valence-corrected chi connectivity index (χ1v) is 7.33. The first kappa shape index (κ1) is 14.0. The fraction of sp³-hybridized carbons (Fsp3) is 0.400. The molecule has 3 nitrogen and oxygen atoms in total. The van der Waals surface area contributed by atoms with Gasteiger partial charge in [-0.15, -0.1) is 11.3 Å². The highest BCUT2D eigenvalue weighted by molar-refractivity contribution is 7.15. The van der Waals surface area contributed by atoms with Crippen LogP contribution < -0.4 is 10.2 Å². The molecule has 0 saturated carbocycles. The summed E-state index contributed by atoms with van der Waals surface area (Å²) in [6, 6.07) is 10.8. The molecule has 1 aromatic carbocycles. The lowest BCUT2D eigenvalue weighted by atomic mass is 10.2. The highest BCUT2D eigenvalue weighted by Gasteiger charge is 2.15. The van der Waals surface area contributed by atoms with Crippen LogP contribution in [-0.4, -0.2) is 19.1 Å². The van der Waals surface area contributed by atoms with Gasteiger partial charge in [0.15, 0.2) is 5.13 Å². The Morgan fingerprint density at radius 2 is 2.00 bits per heavy atom. The standard InChI is InChI=1S/C15H21N3S/c1-11(16-3)14-12(2)17-15(19-14)18(4)10-13-8-6-5-7-9-13/h5-9,11,16H,10H2,1-4H3. The topological polar surface area (TPSA) is 28.2 Å². The zero-order valence-corrected chi connectivity index (χ0v) is 12.8. The number of anilines is 1. The van der Waals surface area contributed by atoms with Gasteiger partial charge in [-0.1, -0.05) is 30.3 Å². The average Bonchev–Trinajstić information content (AvgIpc) is 2.81. The molecule has 0 spiro atoms. The van der Waals surface area contributed by atoms with Gasteiger partial charge in [0.25, 0.3) is 0 Å². The number of rotatable bonds is 5. The van der Waals surface area contributed by atoms with E-state index in [0.29, 0.717) is 6.04 Å². The van der Waals surface area contributed by atoms with E-state index in [9.17, 15) is 0 Å². The second-order valence-corrected chi connectivity index (χ2v) is 5.81. The summed E-state index contributed by atoms with van der Waals surface area (Å²) in [6.07, 6.45) is 0. The Bertz CT molecular complexity index is 521. The van der Waals surface area contributed by atoms with E-state index in [1.165, 1.54) is 10.4 Å². The highest BCUT2D eigenvalue weighted by Crippen LogP contribution is 2.30. The Hall–Kier alpha value is -1.39. The molecule has 0 bridgehead atoms. The summed E-state index contributed by atoms with van der Waals surface area (Å²) in [6.45, 7) is 5.14. The molecule has 0 aliphatic rings. The van der Waals surface area contributed by atoms with Crippen molar-refractivity contribution >= 4 is 16.5 Å². The SMILES string of the molecule is CNC(C)c1sc(N(C)Cc2ccccc2)nc1C. The number of benzene rings is 1. The van der Waals surface area contributed by atoms with Crippen molar-refractivity contribution in [3.8, 4) is 0 Å². The van der Waals surface area contributed by atoms with Crippen LogP contribution in [0, 0.1) is 6.92 Å². The van der Waals surface area contributed by atoms with Crippen LogP contribution in [0.1, 0.15) is 29.1 Å². The van der Waals surface area contributed by atoms with Crippen LogP contribution in [0.2, 0.25) is 0 Å². The average molecular weight is 275 g/mol. The third-order valence-electron chi connectivity index (χ3n) is 3.24. The minimum atomic E-state index is 0.358. The lowest BCUT2D eigenvalue weighted by molar-refractivity contribution is 0.658. The largest absolute Gasteiger partial charge is 0.347 e. The van der Waals surface area contributed by atoms with Gasteiger partial charge in [-0.25, -0.2) is 4.98 Å². The monoisotopic (exact) mass is 275 g/mol. The molecule has 0 aliphatic heterocycles. The van der Waals surface area contributed by atoms with E-state index in [2.05, 4.69) is 60.4 Å². The molecule has 2 rings (SSSR count). The zero-order chi connectivity index (χ0) is 13.8. The second-order valence-electron chi connectivity index (χ2n) is 4.80. The molecule has 1 atom stereocenters. The Balaban J connectivity index is 2.14. The van der Waals surface area contributed by atoms with Crippen molar-refractivity contribution in [3.05, 3.63) is 46.5 Å². The number of thiazole rings is 1. The van der Waals surface area contributed by atoms with Gasteiger partial charge >= 0.3 is 0 Å². The van der Waals surface area contributed by atoms with E-state index in [0.717, 1.165) is 17.4 Å². The molecule has 0 amide bonds. The summed E-state index contributed by atoms with van der Waals surface area (Å²) >= 11 is 1.77. The van der Waals surface area contributed by atoms with Gasteiger partial charge in [-0.3, -0.25) is 0 Å². The van der Waals surface area contributed by atoms with Crippen LogP contribution in [0.15, 0.2) is 30.3 Å². The van der Waals surface area contributed by atoms with Crippen LogP contribution in [0.25, 0.3) is 0 Å². The lowest BCUT2D eigenvalue weighted by Gasteiger charge is -2.15. The molecular weight excluding hydrogens is 254 g/mol. The number of hydrogen-bond acceptors (Lipinski definition) is 4. The van der Waals surface area contributed by atoms with E-state index in [1.807, 2.05) is 13.1 Å². The van der Waals surface area contributed by atoms with E-state index in [1.54, 1.807) is 11.3 Å². The molecular formula is C15H21N3S. The molecule has 0 saturated heterocycles. The predicted octanol–water partition coefficient (Wildman–Crippen LogP) is 3.37. The maximum atomic E-state index is 4.68. The van der Waals surface area contributed by atoms with Crippen molar-refractivity contribution in [2.45, 2.75) is 26.4 Å². The maximum absolute atomic E-state index is 4.68. The van der Waals surface area contributed by atoms with Crippen molar-refractivity contribution in [2.24, 2.45) is 0 Å². The van der Waals surface area contributed by atoms with Gasteiger partial charge in [-0.2, -0.15) is 0 Å². The van der Waals surface area contributed by atoms with Gasteiger partial charge in [-0.05, 0) is 26.5 Å². The molecule has 2 aromatic rings. The van der Waals surface area contributed by atoms with E-state index >= 15 is 0 Å². The van der Waals surface area contributed by atoms with Crippen molar-refractivity contribution in [1.29, 1.82) is 0 Å². The quantitative estimate of drug-likeness (QED) is 0.907. The summed E-state index contributed by atoms with van der Waals surface area (Å²) in [5.41, 5.74) is 2.43. The number of aromatic nitrogens is 1. The number of nitrogens with one attached hydrogen (secondary N) is 1. The summed E-state index contributed by atoms with van der Waals surface area (Å²) in [5.74, 6) is 0. The fourth-order valence-corrected chi connectivity index (χ4v) is 3.10. The van der Waals surface area contributed by atoms with Gasteiger partial charge < -0.3 is 10.2 Å². The van der Waals surface area contributed by atoms with E-state index in [-0.39, 0.29) is 0 Å². The van der Waals surface area contributed by atoms with Crippen molar-refractivity contribution in [1.82, 2.24) is 10.3 Å². The Morgan fingerprint density at radius 1 is 1.32 bits per heavy atom. The molecule has 1 heterocycles. The summed E-state index contributed by atoms with van der Waals surface area (Å²) in [5, 5.41) is 4.36. The fourth-order valence-electron chi connectivity index (χ4n) is 2.01. The Kier molecular flexibility index (Phi) is 4.56. The van der Waals surface area contributed by atoms with E-state index in [4.69, 9.17) is 0 Å². The first-order valence-electron chi connectivity index (χ1n) is 6.51. The van der Waals surface area contributed by atoms with Gasteiger partial charge in [0, 0.05) is 24.5 Å². The Labute approximate surface area is 119 Å². The molecule has 19 heavy (non-hydrogen) atoms. The third-order valence-corrected chi connectivity index (χ3v) is 4.69. The van der Waals surface area contributed by atoms with Crippen molar-refractivity contribution in [3.63, 3.8) is 0 Å². The number of aryl methyl sites for hydroxylation is 1. The van der Waals surface area contributed by atoms with Crippen molar-refractivity contribution in [2.75, 3.05) is 19.0 Å². The molecule has 4 heteroatoms. The summed E-state index contributed by atoms with van der Waals surface area (Å²) in [4.78, 5) is 8.20. The van der Waals surface area contributed by atoms with Crippen LogP contribution in [-0.2, 0) is 6.54 Å². The smallest absolute Gasteiger partial charge is 0.185 e. The Morgan fingerprint density at radius 3 is 2.63 bits per heavy atom. The van der Waals surface area contributed by atoms with Crippen LogP contribution >= 0.6 is 11.3 Å². The van der Waals surface area contributed by atoms with Gasteiger partial charge in [0.05, 0.1) is 5.69 Å². The first-order chi connectivity index (χ1) is 9.11. The van der Waals surface area contributed by atoms with Crippen LogP contribution in [0.3, 0.4) is 0 Å². The molecule has 0 aliphatic carbocycles. The van der Waals surface area contributed by atoms with Gasteiger partial charge in [0.2, 0.25) is 0 Å². The highest BCUT2D eigenvalue weighted by atomic mass is 32.1. The minimum Gasteiger partial charge on any atom is -0.347 e. The molecule has 0 radical (unpaired) electrons. The third kappa shape index (κ3) is 3.33. The second kappa shape index (κ2) is 6.17. The predicted molar refractivity (Wildman–Crippen MR) is 82.9 cm³/mol. The summed E-state index contributed by atoms with van der Waals surface area (Å²) in [7, 11) is 4.08. The molecule has 1 aromatic heterocycles. The lowest BCUT2D eigenvalue weighted by Crippen LogP contribution is -2.15. The normalized spacial score (nSPS) is 12.4. The van der Waals surface area contributed by atoms with Crippen LogP contribution in [0.5, 0.6) is 0 Å². The van der Waals surface area contributed by atoms with Gasteiger partial charge in [0.1, 0.15) is 0 Å². The molecule has 102 valence electrons. The zero-order valence-electron chi connectivity index (χ0n) is 12.0. The molecule has 0 fully saturated rings. The van der Waals surface area contributed by atoms with Crippen LogP contribution in [0.4, 0.5) is 5.13 Å². The van der Waals surface area contributed by atoms with Crippen molar-refractivity contribution < 1.29 is 0 Å². The number of hydrogen-bond donors (Lipinski definition) is 1. The van der Waals surface area contributed by atoms with E-state index < -0.39 is 0 Å². The maximum Gasteiger partial charge on any atom is 0.185 e.